The first-order chi connectivity index (χ1) is 17.9. The van der Waals surface area contributed by atoms with Crippen molar-refractivity contribution in [1.29, 1.82) is 0 Å². The molecule has 0 radical (unpaired) electrons. The van der Waals surface area contributed by atoms with E-state index in [1.54, 1.807) is 30.3 Å². The molecule has 0 amide bonds. The monoisotopic (exact) mass is 550 g/mol. The molecule has 2 aromatic carbocycles. The van der Waals surface area contributed by atoms with Crippen molar-refractivity contribution in [3.63, 3.8) is 0 Å². The Bertz CT molecular complexity index is 1280. The second-order valence-corrected chi connectivity index (χ2v) is 10.3. The summed E-state index contributed by atoms with van der Waals surface area (Å²) in [5.41, 5.74) is 0.314. The van der Waals surface area contributed by atoms with Crippen molar-refractivity contribution < 1.29 is 46.7 Å². The Hall–Kier alpha value is -3.88. The fraction of sp³-hybridized carbons (Fsp3) is 0.375. The van der Waals surface area contributed by atoms with Crippen LogP contribution in [0.15, 0.2) is 59.5 Å². The molecule has 1 heterocycles. The molecule has 1 unspecified atom stereocenters. The minimum absolute atomic E-state index is 0.150. The van der Waals surface area contributed by atoms with Crippen LogP contribution in [0.2, 0.25) is 0 Å². The predicted octanol–water partition coefficient (Wildman–Crippen LogP) is 1.94. The molecule has 1 aliphatic heterocycles. The zero-order valence-corrected chi connectivity index (χ0v) is 21.5. The Labute approximate surface area is 218 Å². The minimum Gasteiger partial charge on any atom is -0.455 e. The van der Waals surface area contributed by atoms with Gasteiger partial charge >= 0.3 is 17.9 Å². The third-order valence-corrected chi connectivity index (χ3v) is 7.25. The molecule has 0 spiro atoms. The maximum atomic E-state index is 13.7. The van der Waals surface area contributed by atoms with Gasteiger partial charge in [0.05, 0.1) is 9.82 Å². The summed E-state index contributed by atoms with van der Waals surface area (Å²) in [5.74, 6) is -2.31. The van der Waals surface area contributed by atoms with Gasteiger partial charge in [0.25, 0.3) is 5.69 Å². The molecule has 0 aromatic heterocycles. The summed E-state index contributed by atoms with van der Waals surface area (Å²) in [6.45, 7) is 2.74. The van der Waals surface area contributed by atoms with Gasteiger partial charge in [-0.15, -0.1) is 0 Å². The van der Waals surface area contributed by atoms with Gasteiger partial charge in [0.2, 0.25) is 22.4 Å². The third kappa shape index (κ3) is 7.12. The molecule has 13 nitrogen and oxygen atoms in total. The fourth-order valence-electron chi connectivity index (χ4n) is 3.87. The molecule has 0 N–H and O–H groups in total. The molecule has 1 aliphatic rings. The van der Waals surface area contributed by atoms with Crippen LogP contribution >= 0.6 is 0 Å². The van der Waals surface area contributed by atoms with Crippen molar-refractivity contribution in [1.82, 2.24) is 4.31 Å². The fourth-order valence-corrected chi connectivity index (χ4v) is 5.31. The van der Waals surface area contributed by atoms with E-state index < -0.39 is 64.0 Å². The maximum Gasteiger partial charge on any atom is 0.305 e. The number of esters is 3. The van der Waals surface area contributed by atoms with Crippen molar-refractivity contribution in [2.75, 3.05) is 6.54 Å². The standard InChI is InChI=1S/C24H26N2O11S/c1-15(27)34-22-21(37-24(36-17(3)29)23(22)35-16(2)28)14-25(13-18-7-5-4-6-8-18)38(32,33)20-11-9-19(10-12-20)26(30)31/h4-12,21-24H,13-14H2,1-3H3/t21-,22-,23-,24?/m1/s1. The highest BCUT2D eigenvalue weighted by Crippen LogP contribution is 2.31. The summed E-state index contributed by atoms with van der Waals surface area (Å²) in [5, 5.41) is 11.0. The number of nitrogens with zero attached hydrogens (tertiary/aromatic N) is 2. The summed E-state index contributed by atoms with van der Waals surface area (Å²) >= 11 is 0. The van der Waals surface area contributed by atoms with Gasteiger partial charge in [-0.25, -0.2) is 8.42 Å². The molecule has 38 heavy (non-hydrogen) atoms. The van der Waals surface area contributed by atoms with Crippen molar-refractivity contribution in [2.45, 2.75) is 56.8 Å². The largest absolute Gasteiger partial charge is 0.455 e. The Morgan fingerprint density at radius 2 is 1.45 bits per heavy atom. The number of benzene rings is 2. The average molecular weight is 551 g/mol. The molecule has 0 aliphatic carbocycles. The minimum atomic E-state index is -4.29. The number of hydrogen-bond acceptors (Lipinski definition) is 11. The Kier molecular flexibility index (Phi) is 9.14. The summed E-state index contributed by atoms with van der Waals surface area (Å²) in [4.78, 5) is 45.4. The van der Waals surface area contributed by atoms with Crippen LogP contribution in [0, 0.1) is 10.1 Å². The van der Waals surface area contributed by atoms with Crippen LogP contribution in [0.25, 0.3) is 0 Å². The lowest BCUT2D eigenvalue weighted by molar-refractivity contribution is -0.384. The average Bonchev–Trinajstić information content (AvgIpc) is 3.13. The van der Waals surface area contributed by atoms with Crippen LogP contribution in [0.4, 0.5) is 5.69 Å². The van der Waals surface area contributed by atoms with Crippen LogP contribution in [-0.2, 0) is 49.9 Å². The van der Waals surface area contributed by atoms with Gasteiger partial charge in [-0.1, -0.05) is 30.3 Å². The molecule has 1 saturated heterocycles. The van der Waals surface area contributed by atoms with E-state index in [2.05, 4.69) is 0 Å². The van der Waals surface area contributed by atoms with Crippen LogP contribution in [0.1, 0.15) is 26.3 Å². The molecule has 4 atom stereocenters. The number of ether oxygens (including phenoxy) is 4. The van der Waals surface area contributed by atoms with Crippen molar-refractivity contribution >= 4 is 33.6 Å². The summed E-state index contributed by atoms with van der Waals surface area (Å²) in [6, 6.07) is 12.9. The summed E-state index contributed by atoms with van der Waals surface area (Å²) in [7, 11) is -4.29. The van der Waals surface area contributed by atoms with Gasteiger partial charge in [0, 0.05) is 46.0 Å². The number of nitro groups is 1. The van der Waals surface area contributed by atoms with E-state index in [-0.39, 0.29) is 17.1 Å². The number of sulfonamides is 1. The van der Waals surface area contributed by atoms with Gasteiger partial charge in [-0.3, -0.25) is 24.5 Å². The molecule has 14 heteroatoms. The van der Waals surface area contributed by atoms with Gasteiger partial charge in [0.15, 0.2) is 6.10 Å². The SMILES string of the molecule is CC(=O)OC1O[C@H](CN(Cc2ccccc2)S(=O)(=O)c2ccc([N+](=O)[O-])cc2)[C@@H](OC(C)=O)[C@H]1OC(C)=O. The zero-order chi connectivity index (χ0) is 28.0. The van der Waals surface area contributed by atoms with E-state index in [9.17, 15) is 32.9 Å². The van der Waals surface area contributed by atoms with E-state index in [0.29, 0.717) is 5.56 Å². The Balaban J connectivity index is 2.01. The molecule has 0 saturated carbocycles. The molecular weight excluding hydrogens is 524 g/mol. The smallest absolute Gasteiger partial charge is 0.305 e. The first-order valence-corrected chi connectivity index (χ1v) is 12.8. The van der Waals surface area contributed by atoms with Crippen LogP contribution in [0.3, 0.4) is 0 Å². The topological polar surface area (TPSA) is 169 Å². The molecular formula is C24H26N2O11S. The molecule has 1 fully saturated rings. The molecule has 2 aromatic rings. The van der Waals surface area contributed by atoms with Gasteiger partial charge in [-0.2, -0.15) is 4.31 Å². The number of carbonyl (C=O) groups excluding carboxylic acids is 3. The second-order valence-electron chi connectivity index (χ2n) is 8.33. The van der Waals surface area contributed by atoms with Crippen molar-refractivity contribution in [3.05, 3.63) is 70.3 Å². The van der Waals surface area contributed by atoms with E-state index in [1.165, 1.54) is 0 Å². The zero-order valence-electron chi connectivity index (χ0n) is 20.7. The highest BCUT2D eigenvalue weighted by molar-refractivity contribution is 7.89. The van der Waals surface area contributed by atoms with E-state index >= 15 is 0 Å². The quantitative estimate of drug-likeness (QED) is 0.183. The predicted molar refractivity (Wildman–Crippen MR) is 129 cm³/mol. The van der Waals surface area contributed by atoms with Gasteiger partial charge < -0.3 is 18.9 Å². The number of non-ortho nitro benzene ring substituents is 1. The van der Waals surface area contributed by atoms with E-state index in [0.717, 1.165) is 49.3 Å². The lowest BCUT2D eigenvalue weighted by atomic mass is 10.1. The lowest BCUT2D eigenvalue weighted by Crippen LogP contribution is -2.45. The Morgan fingerprint density at radius 3 is 1.97 bits per heavy atom. The first kappa shape index (κ1) is 28.7. The van der Waals surface area contributed by atoms with E-state index in [4.69, 9.17) is 18.9 Å². The number of nitro benzene ring substituents is 1. The summed E-state index contributed by atoms with van der Waals surface area (Å²) < 4.78 is 49.8. The first-order valence-electron chi connectivity index (χ1n) is 11.3. The lowest BCUT2D eigenvalue weighted by Gasteiger charge is -2.28. The number of hydrogen-bond donors (Lipinski definition) is 0. The molecule has 0 bridgehead atoms. The van der Waals surface area contributed by atoms with Gasteiger partial charge in [-0.05, 0) is 17.7 Å². The number of carbonyl (C=O) groups is 3. The third-order valence-electron chi connectivity index (χ3n) is 5.42. The summed E-state index contributed by atoms with van der Waals surface area (Å²) in [6.07, 6.45) is -5.35. The highest BCUT2D eigenvalue weighted by Gasteiger charge is 2.52. The van der Waals surface area contributed by atoms with E-state index in [1.807, 2.05) is 0 Å². The highest BCUT2D eigenvalue weighted by atomic mass is 32.2. The van der Waals surface area contributed by atoms with Crippen LogP contribution < -0.4 is 0 Å². The normalized spacial score (nSPS) is 21.1. The Morgan fingerprint density at radius 1 is 0.895 bits per heavy atom. The maximum absolute atomic E-state index is 13.7. The van der Waals surface area contributed by atoms with Gasteiger partial charge in [0.1, 0.15) is 6.10 Å². The van der Waals surface area contributed by atoms with Crippen LogP contribution in [0.5, 0.6) is 0 Å². The molecule has 204 valence electrons. The second kappa shape index (κ2) is 12.1. The van der Waals surface area contributed by atoms with Crippen molar-refractivity contribution in [2.24, 2.45) is 0 Å². The van der Waals surface area contributed by atoms with Crippen LogP contribution in [-0.4, -0.2) is 66.7 Å². The molecule has 3 rings (SSSR count). The van der Waals surface area contributed by atoms with Crippen molar-refractivity contribution in [3.8, 4) is 0 Å². The number of rotatable bonds is 10.